The zero-order chi connectivity index (χ0) is 26.7. The average molecular weight is 504 g/mol. The molecule has 0 aliphatic carbocycles. The largest absolute Gasteiger partial charge is 0.497 e. The molecule has 1 amide bonds. The zero-order valence-corrected chi connectivity index (χ0v) is 22.4. The summed E-state index contributed by atoms with van der Waals surface area (Å²) in [5.41, 5.74) is 3.86. The molecule has 0 aliphatic rings. The van der Waals surface area contributed by atoms with Gasteiger partial charge in [-0.1, -0.05) is 12.1 Å². The van der Waals surface area contributed by atoms with Gasteiger partial charge in [0.15, 0.2) is 0 Å². The molecule has 0 saturated carbocycles. The van der Waals surface area contributed by atoms with Crippen molar-refractivity contribution in [3.05, 3.63) is 71.0 Å². The number of amides is 1. The highest BCUT2D eigenvalue weighted by atomic mass is 16.5. The first-order valence-corrected chi connectivity index (χ1v) is 11.9. The van der Waals surface area contributed by atoms with Gasteiger partial charge in [0.1, 0.15) is 34.3 Å². The van der Waals surface area contributed by atoms with Crippen molar-refractivity contribution in [2.75, 3.05) is 40.3 Å². The van der Waals surface area contributed by atoms with Gasteiger partial charge in [-0.2, -0.15) is 5.10 Å². The van der Waals surface area contributed by atoms with Crippen molar-refractivity contribution in [3.8, 4) is 17.2 Å². The Morgan fingerprint density at radius 2 is 1.59 bits per heavy atom. The maximum absolute atomic E-state index is 13.8. The minimum Gasteiger partial charge on any atom is -0.497 e. The first kappa shape index (κ1) is 25.8. The fourth-order valence-electron chi connectivity index (χ4n) is 4.42. The van der Waals surface area contributed by atoms with E-state index < -0.39 is 0 Å². The molecule has 4 rings (SSSR count). The number of ether oxygens (including phenoxy) is 3. The van der Waals surface area contributed by atoms with Crippen LogP contribution in [-0.2, 0) is 20.1 Å². The van der Waals surface area contributed by atoms with Crippen LogP contribution in [0.1, 0.15) is 27.3 Å². The zero-order valence-electron chi connectivity index (χ0n) is 22.4. The monoisotopic (exact) mass is 503 g/mol. The van der Waals surface area contributed by atoms with E-state index in [0.29, 0.717) is 35.8 Å². The summed E-state index contributed by atoms with van der Waals surface area (Å²) in [4.78, 5) is 22.5. The number of aryl methyl sites for hydroxylation is 2. The molecule has 2 aromatic carbocycles. The van der Waals surface area contributed by atoms with Gasteiger partial charge in [-0.15, -0.1) is 0 Å². The number of pyridine rings is 1. The third-order valence-electron chi connectivity index (χ3n) is 6.23. The Bertz CT molecular complexity index is 1410. The number of methoxy groups -OCH3 is 3. The van der Waals surface area contributed by atoms with Crippen molar-refractivity contribution in [1.82, 2.24) is 19.7 Å². The lowest BCUT2D eigenvalue weighted by Gasteiger charge is -2.26. The molecular weight excluding hydrogens is 470 g/mol. The van der Waals surface area contributed by atoms with Crippen molar-refractivity contribution in [3.63, 3.8) is 0 Å². The SMILES string of the molecule is COc1ccc(CN(Cc2cc3c(OC)ccc(OC)c3nc2N(C)C)C(=O)c2cc(C)nn2C)cc1. The van der Waals surface area contributed by atoms with Crippen LogP contribution >= 0.6 is 0 Å². The van der Waals surface area contributed by atoms with Crippen molar-refractivity contribution in [2.24, 2.45) is 7.05 Å². The first-order valence-electron chi connectivity index (χ1n) is 11.9. The second kappa shape index (κ2) is 10.8. The second-order valence-corrected chi connectivity index (χ2v) is 9.04. The molecule has 37 heavy (non-hydrogen) atoms. The number of carbonyl (C=O) groups is 1. The number of hydrogen-bond donors (Lipinski definition) is 0. The standard InChI is InChI=1S/C28H33N5O4/c1-18-14-23(32(4)30-18)28(34)33(16-19-8-10-21(35-5)11-9-19)17-20-15-22-24(36-6)12-13-25(37-7)26(22)29-27(20)31(2)3/h8-15H,16-17H2,1-7H3. The van der Waals surface area contributed by atoms with Gasteiger partial charge in [-0.3, -0.25) is 9.48 Å². The van der Waals surface area contributed by atoms with Crippen molar-refractivity contribution in [2.45, 2.75) is 20.0 Å². The van der Waals surface area contributed by atoms with Gasteiger partial charge in [0.05, 0.1) is 33.6 Å². The molecule has 0 spiro atoms. The molecule has 0 fully saturated rings. The number of hydrogen-bond acceptors (Lipinski definition) is 7. The lowest BCUT2D eigenvalue weighted by Crippen LogP contribution is -2.32. The molecule has 0 radical (unpaired) electrons. The Hall–Kier alpha value is -4.27. The van der Waals surface area contributed by atoms with Crippen molar-refractivity contribution < 1.29 is 19.0 Å². The number of rotatable bonds is 9. The summed E-state index contributed by atoms with van der Waals surface area (Å²) in [6.45, 7) is 2.60. The third-order valence-corrected chi connectivity index (χ3v) is 6.23. The van der Waals surface area contributed by atoms with Crippen LogP contribution in [0.3, 0.4) is 0 Å². The summed E-state index contributed by atoms with van der Waals surface area (Å²) in [5.74, 6) is 2.72. The fraction of sp³-hybridized carbons (Fsp3) is 0.321. The van der Waals surface area contributed by atoms with Crippen LogP contribution in [0.4, 0.5) is 5.82 Å². The number of nitrogens with zero attached hydrogens (tertiary/aromatic N) is 5. The normalized spacial score (nSPS) is 10.9. The number of benzene rings is 2. The predicted octanol–water partition coefficient (Wildman–Crippen LogP) is 4.21. The van der Waals surface area contributed by atoms with Gasteiger partial charge in [-0.25, -0.2) is 4.98 Å². The van der Waals surface area contributed by atoms with E-state index in [9.17, 15) is 4.79 Å². The van der Waals surface area contributed by atoms with E-state index in [2.05, 4.69) is 5.10 Å². The molecule has 0 bridgehead atoms. The summed E-state index contributed by atoms with van der Waals surface area (Å²) in [7, 11) is 10.5. The minimum absolute atomic E-state index is 0.124. The molecule has 0 N–H and O–H groups in total. The Morgan fingerprint density at radius 3 is 2.16 bits per heavy atom. The molecule has 9 nitrogen and oxygen atoms in total. The summed E-state index contributed by atoms with van der Waals surface area (Å²) in [5, 5.41) is 5.20. The molecule has 194 valence electrons. The van der Waals surface area contributed by atoms with Crippen LogP contribution in [0.2, 0.25) is 0 Å². The molecule has 4 aromatic rings. The molecular formula is C28H33N5O4. The van der Waals surface area contributed by atoms with E-state index in [4.69, 9.17) is 19.2 Å². The fourth-order valence-corrected chi connectivity index (χ4v) is 4.42. The lowest BCUT2D eigenvalue weighted by molar-refractivity contribution is 0.0719. The Balaban J connectivity index is 1.82. The molecule has 2 aromatic heterocycles. The maximum atomic E-state index is 13.8. The van der Waals surface area contributed by atoms with Crippen LogP contribution in [-0.4, -0.2) is 61.0 Å². The second-order valence-electron chi connectivity index (χ2n) is 9.04. The molecule has 0 unspecified atom stereocenters. The predicted molar refractivity (Wildman–Crippen MR) is 144 cm³/mol. The Labute approximate surface area is 217 Å². The summed E-state index contributed by atoms with van der Waals surface area (Å²) in [6, 6.07) is 15.3. The molecule has 0 aliphatic heterocycles. The average Bonchev–Trinajstić information content (AvgIpc) is 3.24. The van der Waals surface area contributed by atoms with E-state index in [0.717, 1.165) is 33.8 Å². The van der Waals surface area contributed by atoms with E-state index in [1.54, 1.807) is 38.0 Å². The smallest absolute Gasteiger partial charge is 0.272 e. The lowest BCUT2D eigenvalue weighted by atomic mass is 10.1. The molecule has 2 heterocycles. The number of fused-ring (bicyclic) bond motifs is 1. The molecule has 9 heteroatoms. The van der Waals surface area contributed by atoms with Gasteiger partial charge in [0.2, 0.25) is 0 Å². The van der Waals surface area contributed by atoms with Crippen molar-refractivity contribution in [1.29, 1.82) is 0 Å². The van der Waals surface area contributed by atoms with E-state index in [-0.39, 0.29) is 5.91 Å². The summed E-state index contributed by atoms with van der Waals surface area (Å²) < 4.78 is 18.1. The van der Waals surface area contributed by atoms with Gasteiger partial charge in [-0.05, 0) is 48.9 Å². The number of carbonyl (C=O) groups excluding carboxylic acids is 1. The van der Waals surface area contributed by atoms with Crippen LogP contribution in [0.15, 0.2) is 48.5 Å². The highest BCUT2D eigenvalue weighted by molar-refractivity contribution is 5.94. The minimum atomic E-state index is -0.124. The quantitative estimate of drug-likeness (QED) is 0.338. The van der Waals surface area contributed by atoms with Gasteiger partial charge >= 0.3 is 0 Å². The highest BCUT2D eigenvalue weighted by Crippen LogP contribution is 2.35. The van der Waals surface area contributed by atoms with E-state index in [1.807, 2.05) is 74.4 Å². The van der Waals surface area contributed by atoms with E-state index >= 15 is 0 Å². The molecule has 0 atom stereocenters. The third kappa shape index (κ3) is 5.30. The number of aromatic nitrogens is 3. The Morgan fingerprint density at radius 1 is 0.919 bits per heavy atom. The van der Waals surface area contributed by atoms with Gasteiger partial charge in [0.25, 0.3) is 5.91 Å². The summed E-state index contributed by atoms with van der Waals surface area (Å²) in [6.07, 6.45) is 0. The highest BCUT2D eigenvalue weighted by Gasteiger charge is 2.24. The maximum Gasteiger partial charge on any atom is 0.272 e. The van der Waals surface area contributed by atoms with Gasteiger partial charge in [0, 0.05) is 38.6 Å². The molecule has 0 saturated heterocycles. The van der Waals surface area contributed by atoms with Crippen molar-refractivity contribution >= 4 is 22.6 Å². The number of anilines is 1. The van der Waals surface area contributed by atoms with Crippen LogP contribution in [0.5, 0.6) is 17.2 Å². The van der Waals surface area contributed by atoms with E-state index in [1.165, 1.54) is 0 Å². The Kier molecular flexibility index (Phi) is 7.52. The van der Waals surface area contributed by atoms with Crippen LogP contribution < -0.4 is 19.1 Å². The van der Waals surface area contributed by atoms with Crippen LogP contribution in [0, 0.1) is 6.92 Å². The van der Waals surface area contributed by atoms with Gasteiger partial charge < -0.3 is 24.0 Å². The summed E-state index contributed by atoms with van der Waals surface area (Å²) >= 11 is 0. The topological polar surface area (TPSA) is 82.0 Å². The first-order chi connectivity index (χ1) is 17.7. The van der Waals surface area contributed by atoms with Crippen LogP contribution in [0.25, 0.3) is 10.9 Å².